The fourth-order valence-electron chi connectivity index (χ4n) is 1.89. The number of aromatic nitrogens is 3. The molecule has 1 atom stereocenters. The molecule has 0 aliphatic carbocycles. The number of hydrogen-bond donors (Lipinski definition) is 1. The summed E-state index contributed by atoms with van der Waals surface area (Å²) < 4.78 is 1.98. The highest BCUT2D eigenvalue weighted by atomic mass is 32.1. The van der Waals surface area contributed by atoms with Gasteiger partial charge in [0.25, 0.3) is 0 Å². The Bertz CT molecular complexity index is 447. The van der Waals surface area contributed by atoms with Crippen LogP contribution in [0.3, 0.4) is 0 Å². The van der Waals surface area contributed by atoms with E-state index in [0.717, 1.165) is 12.2 Å². The maximum atomic E-state index is 4.35. The van der Waals surface area contributed by atoms with Crippen molar-refractivity contribution in [3.05, 3.63) is 34.5 Å². The van der Waals surface area contributed by atoms with Crippen molar-refractivity contribution in [1.82, 2.24) is 20.1 Å². The Kier molecular flexibility index (Phi) is 3.91. The standard InChI is InChI=1S/C12H18N4S/c1-9(2)16-12(14-8-15-16)6-11(13-3)10-4-5-17-7-10/h4-5,7-9,11,13H,6H2,1-3H3. The van der Waals surface area contributed by atoms with E-state index in [9.17, 15) is 0 Å². The monoisotopic (exact) mass is 250 g/mol. The van der Waals surface area contributed by atoms with Gasteiger partial charge < -0.3 is 5.32 Å². The molecule has 92 valence electrons. The van der Waals surface area contributed by atoms with Gasteiger partial charge in [-0.05, 0) is 43.3 Å². The van der Waals surface area contributed by atoms with E-state index in [1.807, 2.05) is 11.7 Å². The maximum absolute atomic E-state index is 4.35. The molecule has 0 radical (unpaired) electrons. The van der Waals surface area contributed by atoms with Gasteiger partial charge in [0.1, 0.15) is 12.2 Å². The minimum atomic E-state index is 0.308. The molecule has 5 heteroatoms. The first kappa shape index (κ1) is 12.3. The van der Waals surface area contributed by atoms with E-state index >= 15 is 0 Å². The molecule has 0 saturated heterocycles. The van der Waals surface area contributed by atoms with Crippen LogP contribution in [0.1, 0.15) is 37.3 Å². The van der Waals surface area contributed by atoms with Gasteiger partial charge in [0, 0.05) is 18.5 Å². The summed E-state index contributed by atoms with van der Waals surface area (Å²) >= 11 is 1.72. The second-order valence-corrected chi connectivity index (χ2v) is 5.10. The Morgan fingerprint density at radius 3 is 2.88 bits per heavy atom. The van der Waals surface area contributed by atoms with Crippen molar-refractivity contribution in [3.63, 3.8) is 0 Å². The van der Waals surface area contributed by atoms with Crippen molar-refractivity contribution in [3.8, 4) is 0 Å². The molecular formula is C12H18N4S. The molecule has 2 rings (SSSR count). The minimum Gasteiger partial charge on any atom is -0.313 e. The molecule has 4 nitrogen and oxygen atoms in total. The third kappa shape index (κ3) is 2.73. The van der Waals surface area contributed by atoms with Crippen LogP contribution >= 0.6 is 11.3 Å². The summed E-state index contributed by atoms with van der Waals surface area (Å²) in [6.07, 6.45) is 2.50. The molecule has 2 aromatic rings. The highest BCUT2D eigenvalue weighted by molar-refractivity contribution is 7.07. The predicted molar refractivity (Wildman–Crippen MR) is 70.2 cm³/mol. The van der Waals surface area contributed by atoms with E-state index in [0.29, 0.717) is 12.1 Å². The zero-order chi connectivity index (χ0) is 12.3. The highest BCUT2D eigenvalue weighted by Gasteiger charge is 2.15. The molecule has 17 heavy (non-hydrogen) atoms. The molecule has 2 aromatic heterocycles. The molecule has 0 spiro atoms. The summed E-state index contributed by atoms with van der Waals surface area (Å²) in [4.78, 5) is 4.35. The molecule has 0 aromatic carbocycles. The van der Waals surface area contributed by atoms with Crippen LogP contribution in [0.4, 0.5) is 0 Å². The van der Waals surface area contributed by atoms with Gasteiger partial charge in [0.05, 0.1) is 0 Å². The number of nitrogens with one attached hydrogen (secondary N) is 1. The smallest absolute Gasteiger partial charge is 0.138 e. The third-order valence-corrected chi connectivity index (χ3v) is 3.52. The van der Waals surface area contributed by atoms with Crippen LogP contribution in [0.15, 0.2) is 23.2 Å². The van der Waals surface area contributed by atoms with Crippen LogP contribution in [0.2, 0.25) is 0 Å². The lowest BCUT2D eigenvalue weighted by atomic mass is 10.1. The van der Waals surface area contributed by atoms with Crippen molar-refractivity contribution < 1.29 is 0 Å². The Morgan fingerprint density at radius 1 is 1.47 bits per heavy atom. The van der Waals surface area contributed by atoms with Gasteiger partial charge in [-0.15, -0.1) is 0 Å². The molecule has 0 fully saturated rings. The average Bonchev–Trinajstić information content (AvgIpc) is 2.96. The van der Waals surface area contributed by atoms with Gasteiger partial charge >= 0.3 is 0 Å². The van der Waals surface area contributed by atoms with E-state index in [4.69, 9.17) is 0 Å². The average molecular weight is 250 g/mol. The van der Waals surface area contributed by atoms with Crippen molar-refractivity contribution in [2.24, 2.45) is 0 Å². The van der Waals surface area contributed by atoms with Crippen molar-refractivity contribution in [1.29, 1.82) is 0 Å². The number of likely N-dealkylation sites (N-methyl/N-ethyl adjacent to an activating group) is 1. The number of nitrogens with zero attached hydrogens (tertiary/aromatic N) is 3. The maximum Gasteiger partial charge on any atom is 0.138 e. The molecule has 0 bridgehead atoms. The second kappa shape index (κ2) is 5.42. The van der Waals surface area contributed by atoms with E-state index in [2.05, 4.69) is 46.1 Å². The van der Waals surface area contributed by atoms with Crippen LogP contribution < -0.4 is 5.32 Å². The predicted octanol–water partition coefficient (Wildman–Crippen LogP) is 2.42. The molecule has 0 aliphatic heterocycles. The minimum absolute atomic E-state index is 0.308. The quantitative estimate of drug-likeness (QED) is 0.886. The van der Waals surface area contributed by atoms with Crippen molar-refractivity contribution in [2.75, 3.05) is 7.05 Å². The summed E-state index contributed by atoms with van der Waals surface area (Å²) in [5.41, 5.74) is 1.32. The lowest BCUT2D eigenvalue weighted by Crippen LogP contribution is -2.21. The molecule has 2 heterocycles. The van der Waals surface area contributed by atoms with Crippen LogP contribution in [-0.4, -0.2) is 21.8 Å². The molecule has 0 saturated carbocycles. The van der Waals surface area contributed by atoms with E-state index in [1.165, 1.54) is 5.56 Å². The van der Waals surface area contributed by atoms with Crippen LogP contribution in [-0.2, 0) is 6.42 Å². The number of rotatable bonds is 5. The fourth-order valence-corrected chi connectivity index (χ4v) is 2.61. The van der Waals surface area contributed by atoms with Crippen molar-refractivity contribution in [2.45, 2.75) is 32.4 Å². The largest absolute Gasteiger partial charge is 0.313 e. The summed E-state index contributed by atoms with van der Waals surface area (Å²) in [6.45, 7) is 4.24. The highest BCUT2D eigenvalue weighted by Crippen LogP contribution is 2.20. The Morgan fingerprint density at radius 2 is 2.29 bits per heavy atom. The summed E-state index contributed by atoms with van der Waals surface area (Å²) in [5, 5.41) is 11.9. The van der Waals surface area contributed by atoms with Crippen molar-refractivity contribution >= 4 is 11.3 Å². The third-order valence-electron chi connectivity index (χ3n) is 2.82. The molecule has 0 amide bonds. The lowest BCUT2D eigenvalue weighted by molar-refractivity contribution is 0.478. The molecule has 1 unspecified atom stereocenters. The second-order valence-electron chi connectivity index (χ2n) is 4.32. The van der Waals surface area contributed by atoms with Gasteiger partial charge in [-0.2, -0.15) is 16.4 Å². The molecule has 0 aliphatic rings. The topological polar surface area (TPSA) is 42.7 Å². The summed E-state index contributed by atoms with van der Waals surface area (Å²) in [7, 11) is 1.98. The van der Waals surface area contributed by atoms with Crippen LogP contribution in [0, 0.1) is 0 Å². The Balaban J connectivity index is 2.16. The van der Waals surface area contributed by atoms with Gasteiger partial charge in [-0.3, -0.25) is 0 Å². The summed E-state index contributed by atoms with van der Waals surface area (Å²) in [6, 6.07) is 2.82. The van der Waals surface area contributed by atoms with E-state index in [1.54, 1.807) is 17.7 Å². The number of thiophene rings is 1. The van der Waals surface area contributed by atoms with Gasteiger partial charge in [-0.25, -0.2) is 9.67 Å². The first-order valence-corrected chi connectivity index (χ1v) is 6.74. The Hall–Kier alpha value is -1.20. The molecule has 1 N–H and O–H groups in total. The van der Waals surface area contributed by atoms with Gasteiger partial charge in [0.2, 0.25) is 0 Å². The zero-order valence-corrected chi connectivity index (χ0v) is 11.2. The van der Waals surface area contributed by atoms with Crippen LogP contribution in [0.5, 0.6) is 0 Å². The Labute approximate surface area is 106 Å². The molecular weight excluding hydrogens is 232 g/mol. The normalized spacial score (nSPS) is 13.2. The first-order chi connectivity index (χ1) is 8.22. The zero-order valence-electron chi connectivity index (χ0n) is 10.4. The van der Waals surface area contributed by atoms with E-state index < -0.39 is 0 Å². The van der Waals surface area contributed by atoms with E-state index in [-0.39, 0.29) is 0 Å². The fraction of sp³-hybridized carbons (Fsp3) is 0.500. The summed E-state index contributed by atoms with van der Waals surface area (Å²) in [5.74, 6) is 1.03. The lowest BCUT2D eigenvalue weighted by Gasteiger charge is -2.16. The first-order valence-electron chi connectivity index (χ1n) is 5.80. The number of hydrogen-bond acceptors (Lipinski definition) is 4. The SMILES string of the molecule is CNC(Cc1ncnn1C(C)C)c1ccsc1. The van der Waals surface area contributed by atoms with Crippen LogP contribution in [0.25, 0.3) is 0 Å². The van der Waals surface area contributed by atoms with Gasteiger partial charge in [0.15, 0.2) is 0 Å². The van der Waals surface area contributed by atoms with Gasteiger partial charge in [-0.1, -0.05) is 0 Å².